The Kier molecular flexibility index (Phi) is 4.49. The highest BCUT2D eigenvalue weighted by Crippen LogP contribution is 2.58. The number of fused-ring (bicyclic) bond motifs is 3. The molecule has 2 aliphatic heterocycles. The molecule has 0 bridgehead atoms. The number of hydrogen-bond donors (Lipinski definition) is 1. The molecule has 3 heterocycles. The molecule has 0 radical (unpaired) electrons. The Hall–Kier alpha value is -3.20. The van der Waals surface area contributed by atoms with Crippen LogP contribution in [0.1, 0.15) is 46.6 Å². The van der Waals surface area contributed by atoms with Gasteiger partial charge in [-0.3, -0.25) is 19.3 Å². The summed E-state index contributed by atoms with van der Waals surface area (Å²) >= 11 is 1.09. The number of aromatic hydroxyl groups is 1. The molecule has 1 aromatic heterocycles. The molecule has 1 N–H and O–H groups in total. The van der Waals surface area contributed by atoms with E-state index in [4.69, 9.17) is 0 Å². The van der Waals surface area contributed by atoms with Gasteiger partial charge >= 0.3 is 0 Å². The molecule has 1 saturated carbocycles. The number of hydrogen-bond acceptors (Lipinski definition) is 5. The smallest absolute Gasteiger partial charge is 0.224 e. The van der Waals surface area contributed by atoms with E-state index in [2.05, 4.69) is 0 Å². The molecule has 3 unspecified atom stereocenters. The lowest BCUT2D eigenvalue weighted by atomic mass is 9.88. The van der Waals surface area contributed by atoms with Crippen LogP contribution in [0.5, 0.6) is 5.75 Å². The van der Waals surface area contributed by atoms with E-state index >= 15 is 0 Å². The second-order valence-electron chi connectivity index (χ2n) is 9.19. The second kappa shape index (κ2) is 7.15. The largest absolute Gasteiger partial charge is 0.503 e. The van der Waals surface area contributed by atoms with Crippen molar-refractivity contribution in [2.24, 2.45) is 11.3 Å². The Morgan fingerprint density at radius 2 is 1.82 bits per heavy atom. The first-order chi connectivity index (χ1) is 16.2. The molecule has 3 aromatic rings. The molecule has 1 spiro atoms. The molecule has 3 aliphatic rings. The van der Waals surface area contributed by atoms with Gasteiger partial charge in [0.05, 0.1) is 11.5 Å². The molecule has 174 valence electrons. The van der Waals surface area contributed by atoms with Gasteiger partial charge in [-0.15, -0.1) is 11.8 Å². The maximum Gasteiger partial charge on any atom is 0.224 e. The Morgan fingerprint density at radius 3 is 2.56 bits per heavy atom. The van der Waals surface area contributed by atoms with Crippen LogP contribution in [0.3, 0.4) is 0 Å². The van der Waals surface area contributed by atoms with Gasteiger partial charge in [0.25, 0.3) is 0 Å². The quantitative estimate of drug-likeness (QED) is 0.550. The Labute approximate surface area is 196 Å². The van der Waals surface area contributed by atoms with Crippen LogP contribution < -0.4 is 10.4 Å². The van der Waals surface area contributed by atoms with Crippen molar-refractivity contribution in [3.63, 3.8) is 0 Å². The highest BCUT2D eigenvalue weighted by atomic mass is 32.2. The van der Waals surface area contributed by atoms with E-state index in [0.717, 1.165) is 23.9 Å². The van der Waals surface area contributed by atoms with Gasteiger partial charge in [-0.1, -0.05) is 25.1 Å². The molecule has 3 atom stereocenters. The molecule has 9 heteroatoms. The maximum absolute atomic E-state index is 15.0. The maximum atomic E-state index is 15.0. The number of nitrogens with zero attached hydrogens (tertiary/aromatic N) is 2. The van der Waals surface area contributed by atoms with Crippen LogP contribution in [0.2, 0.25) is 0 Å². The first-order valence-corrected chi connectivity index (χ1v) is 11.9. The van der Waals surface area contributed by atoms with Gasteiger partial charge in [-0.25, -0.2) is 13.2 Å². The third-order valence-electron chi connectivity index (χ3n) is 7.37. The van der Waals surface area contributed by atoms with E-state index in [1.165, 1.54) is 23.0 Å². The van der Waals surface area contributed by atoms with Crippen molar-refractivity contribution in [3.05, 3.63) is 92.7 Å². The molecule has 34 heavy (non-hydrogen) atoms. The standard InChI is InChI=1S/C25H19F3N2O3S/c1-12-9-25(12)11-30(29-8-7-18(31)22(32)21(29)24(25)33)20-13-5-6-16(26)19(28)15(13)10-34-23-14(20)3-2-4-17(23)27/h2-8,12,20,32H,9-11H2,1H3. The monoisotopic (exact) mass is 484 g/mol. The topological polar surface area (TPSA) is 62.5 Å². The van der Waals surface area contributed by atoms with Crippen molar-refractivity contribution in [1.29, 1.82) is 0 Å². The number of benzene rings is 2. The van der Waals surface area contributed by atoms with Crippen LogP contribution in [0, 0.1) is 28.8 Å². The number of Topliss-reactive ketones (excluding diaryl/α,β-unsaturated/α-hetero) is 1. The minimum absolute atomic E-state index is 0.00233. The summed E-state index contributed by atoms with van der Waals surface area (Å²) in [5.74, 6) is -3.40. The van der Waals surface area contributed by atoms with Gasteiger partial charge < -0.3 is 5.11 Å². The van der Waals surface area contributed by atoms with Crippen LogP contribution >= 0.6 is 11.8 Å². The number of thioether (sulfide) groups is 1. The van der Waals surface area contributed by atoms with Crippen LogP contribution in [-0.4, -0.2) is 22.1 Å². The summed E-state index contributed by atoms with van der Waals surface area (Å²) in [5, 5.41) is 12.4. The highest BCUT2D eigenvalue weighted by Gasteiger charge is 2.62. The zero-order valence-electron chi connectivity index (χ0n) is 18.0. The minimum Gasteiger partial charge on any atom is -0.503 e. The van der Waals surface area contributed by atoms with E-state index in [9.17, 15) is 27.9 Å². The van der Waals surface area contributed by atoms with Crippen molar-refractivity contribution in [1.82, 2.24) is 4.68 Å². The van der Waals surface area contributed by atoms with Crippen molar-refractivity contribution in [2.75, 3.05) is 11.6 Å². The second-order valence-corrected chi connectivity index (χ2v) is 10.2. The van der Waals surface area contributed by atoms with Gasteiger partial charge in [0.2, 0.25) is 5.43 Å². The lowest BCUT2D eigenvalue weighted by Gasteiger charge is -2.43. The van der Waals surface area contributed by atoms with E-state index in [1.54, 1.807) is 17.1 Å². The number of halogens is 3. The summed E-state index contributed by atoms with van der Waals surface area (Å²) in [7, 11) is 0. The van der Waals surface area contributed by atoms with Crippen LogP contribution in [0.4, 0.5) is 13.2 Å². The highest BCUT2D eigenvalue weighted by molar-refractivity contribution is 7.98. The minimum atomic E-state index is -0.993. The SMILES string of the molecule is CC1CC12CN(C1c3ccc(F)c(F)c3CSc3c(F)cccc31)n1ccc(=O)c(O)c1C2=O. The summed E-state index contributed by atoms with van der Waals surface area (Å²) < 4.78 is 45.5. The van der Waals surface area contributed by atoms with Crippen molar-refractivity contribution >= 4 is 17.5 Å². The van der Waals surface area contributed by atoms with Crippen molar-refractivity contribution in [2.45, 2.75) is 30.0 Å². The molecular formula is C25H19F3N2O3S. The number of carbonyl (C=O) groups is 1. The van der Waals surface area contributed by atoms with Gasteiger partial charge in [-0.2, -0.15) is 0 Å². The number of pyridine rings is 1. The Balaban J connectivity index is 1.66. The molecule has 6 rings (SSSR count). The zero-order valence-corrected chi connectivity index (χ0v) is 18.8. The predicted molar refractivity (Wildman–Crippen MR) is 120 cm³/mol. The van der Waals surface area contributed by atoms with Crippen LogP contribution in [0.15, 0.2) is 52.3 Å². The molecule has 0 amide bonds. The summed E-state index contributed by atoms with van der Waals surface area (Å²) in [6, 6.07) is 7.50. The number of aromatic nitrogens is 1. The van der Waals surface area contributed by atoms with Crippen molar-refractivity contribution in [3.8, 4) is 5.75 Å². The Morgan fingerprint density at radius 1 is 1.06 bits per heavy atom. The van der Waals surface area contributed by atoms with Crippen LogP contribution in [-0.2, 0) is 5.75 Å². The lowest BCUT2D eigenvalue weighted by molar-refractivity contribution is 0.0844. The zero-order chi connectivity index (χ0) is 23.9. The summed E-state index contributed by atoms with van der Waals surface area (Å²) in [6.07, 6.45) is 1.96. The normalized spacial score (nSPS) is 24.9. The van der Waals surface area contributed by atoms with E-state index < -0.39 is 40.1 Å². The van der Waals surface area contributed by atoms with E-state index in [-0.39, 0.29) is 35.3 Å². The first kappa shape index (κ1) is 21.3. The fourth-order valence-electron chi connectivity index (χ4n) is 5.39. The van der Waals surface area contributed by atoms with E-state index in [0.29, 0.717) is 22.4 Å². The third kappa shape index (κ3) is 2.76. The first-order valence-electron chi connectivity index (χ1n) is 10.9. The van der Waals surface area contributed by atoms with Gasteiger partial charge in [0, 0.05) is 35.0 Å². The molecule has 1 aliphatic carbocycles. The molecule has 1 fully saturated rings. The number of ketones is 1. The Bertz CT molecular complexity index is 1460. The van der Waals surface area contributed by atoms with Crippen molar-refractivity contribution < 1.29 is 23.1 Å². The molecular weight excluding hydrogens is 465 g/mol. The molecule has 0 saturated heterocycles. The summed E-state index contributed by atoms with van der Waals surface area (Å²) in [4.78, 5) is 25.9. The molecule has 5 nitrogen and oxygen atoms in total. The third-order valence-corrected chi connectivity index (χ3v) is 8.53. The predicted octanol–water partition coefficient (Wildman–Crippen LogP) is 4.53. The number of rotatable bonds is 1. The van der Waals surface area contributed by atoms with Gasteiger partial charge in [-0.05, 0) is 35.6 Å². The van der Waals surface area contributed by atoms with E-state index in [1.807, 2.05) is 6.92 Å². The average Bonchev–Trinajstić information content (AvgIpc) is 3.50. The van der Waals surface area contributed by atoms with Gasteiger partial charge in [0.1, 0.15) is 5.82 Å². The average molecular weight is 484 g/mol. The summed E-state index contributed by atoms with van der Waals surface area (Å²) in [5.41, 5.74) is -0.540. The lowest BCUT2D eigenvalue weighted by Crippen LogP contribution is -2.52. The van der Waals surface area contributed by atoms with Crippen LogP contribution in [0.25, 0.3) is 0 Å². The summed E-state index contributed by atoms with van der Waals surface area (Å²) in [6.45, 7) is 2.13. The fourth-order valence-corrected chi connectivity index (χ4v) is 6.53. The van der Waals surface area contributed by atoms with Gasteiger partial charge in [0.15, 0.2) is 28.9 Å². The number of carbonyl (C=O) groups excluding carboxylic acids is 1. The fraction of sp³-hybridized carbons (Fsp3) is 0.280. The molecule has 2 aromatic carbocycles.